The van der Waals surface area contributed by atoms with Gasteiger partial charge in [-0.1, -0.05) is 20.8 Å². The molecule has 0 amide bonds. The molecule has 0 bridgehead atoms. The van der Waals surface area contributed by atoms with Gasteiger partial charge in [0, 0.05) is 6.42 Å². The predicted octanol–water partition coefficient (Wildman–Crippen LogP) is 2.51. The Labute approximate surface area is 58.7 Å². The largest absolute Gasteiger partial charge is 0.107 e. The van der Waals surface area contributed by atoms with Crippen molar-refractivity contribution in [3.8, 4) is 11.8 Å². The molecule has 0 N–H and O–H groups in total. The average molecular weight is 123 g/mol. The van der Waals surface area contributed by atoms with Gasteiger partial charge in [0.1, 0.15) is 0 Å². The lowest BCUT2D eigenvalue weighted by Crippen LogP contribution is -2.01. The molecule has 0 aromatic heterocycles. The Morgan fingerprint density at radius 1 is 1.44 bits per heavy atom. The molecule has 0 heterocycles. The van der Waals surface area contributed by atoms with Gasteiger partial charge in [0.15, 0.2) is 0 Å². The van der Waals surface area contributed by atoms with Gasteiger partial charge in [-0.15, -0.1) is 11.8 Å². The summed E-state index contributed by atoms with van der Waals surface area (Å²) in [7, 11) is 0. The summed E-state index contributed by atoms with van der Waals surface area (Å²) in [6.45, 7) is 10.1. The van der Waals surface area contributed by atoms with Gasteiger partial charge in [-0.05, 0) is 18.8 Å². The minimum atomic E-state index is 0.519. The van der Waals surface area contributed by atoms with Crippen LogP contribution in [-0.4, -0.2) is 0 Å². The molecule has 0 fully saturated rings. The fourth-order valence-electron chi connectivity index (χ4n) is 0.464. The van der Waals surface area contributed by atoms with Crippen LogP contribution in [0.3, 0.4) is 0 Å². The van der Waals surface area contributed by atoms with Crippen molar-refractivity contribution in [1.29, 1.82) is 0 Å². The van der Waals surface area contributed by atoms with Gasteiger partial charge in [0.25, 0.3) is 0 Å². The molecule has 0 heteroatoms. The number of rotatable bonds is 2. The van der Waals surface area contributed by atoms with E-state index < -0.39 is 0 Å². The van der Waals surface area contributed by atoms with Crippen molar-refractivity contribution in [2.75, 3.05) is 0 Å². The number of hydrogen-bond acceptors (Lipinski definition) is 0. The van der Waals surface area contributed by atoms with Gasteiger partial charge in [-0.25, -0.2) is 0 Å². The lowest BCUT2D eigenvalue weighted by atomic mass is 9.95. The molecule has 1 radical (unpaired) electrons. The molecule has 2 atom stereocenters. The van der Waals surface area contributed by atoms with Crippen molar-refractivity contribution in [1.82, 2.24) is 0 Å². The first kappa shape index (κ1) is 8.56. The summed E-state index contributed by atoms with van der Waals surface area (Å²) >= 11 is 0. The van der Waals surface area contributed by atoms with Gasteiger partial charge >= 0.3 is 0 Å². The van der Waals surface area contributed by atoms with E-state index >= 15 is 0 Å². The molecule has 0 saturated heterocycles. The lowest BCUT2D eigenvalue weighted by Gasteiger charge is -2.10. The molecule has 0 aromatic rings. The summed E-state index contributed by atoms with van der Waals surface area (Å²) in [6.07, 6.45) is 0.987. The van der Waals surface area contributed by atoms with Crippen LogP contribution in [0, 0.1) is 30.6 Å². The molecule has 9 heavy (non-hydrogen) atoms. The summed E-state index contributed by atoms with van der Waals surface area (Å²) in [4.78, 5) is 0. The third kappa shape index (κ3) is 4.09. The highest BCUT2D eigenvalue weighted by Gasteiger charge is 2.03. The molecule has 0 aliphatic heterocycles. The molecule has 0 aliphatic carbocycles. The molecular formula is C9H15. The average Bonchev–Trinajstić information content (AvgIpc) is 1.82. The Hall–Kier alpha value is -0.440. The van der Waals surface area contributed by atoms with Crippen LogP contribution >= 0.6 is 0 Å². The van der Waals surface area contributed by atoms with Crippen LogP contribution in [0.4, 0.5) is 0 Å². The first-order chi connectivity index (χ1) is 4.18. The van der Waals surface area contributed by atoms with E-state index in [2.05, 4.69) is 32.6 Å². The van der Waals surface area contributed by atoms with Crippen molar-refractivity contribution < 1.29 is 0 Å². The topological polar surface area (TPSA) is 0 Å². The monoisotopic (exact) mass is 123 g/mol. The molecule has 0 nitrogen and oxygen atoms in total. The van der Waals surface area contributed by atoms with E-state index in [1.165, 1.54) is 0 Å². The van der Waals surface area contributed by atoms with Crippen LogP contribution in [0.25, 0.3) is 0 Å². The molecule has 0 aromatic carbocycles. The zero-order valence-electron chi connectivity index (χ0n) is 6.57. The molecule has 0 aliphatic rings. The van der Waals surface area contributed by atoms with E-state index in [0.29, 0.717) is 11.8 Å². The van der Waals surface area contributed by atoms with E-state index in [9.17, 15) is 0 Å². The van der Waals surface area contributed by atoms with Crippen molar-refractivity contribution in [3.63, 3.8) is 0 Å². The molecular weight excluding hydrogens is 108 g/mol. The van der Waals surface area contributed by atoms with Crippen molar-refractivity contribution in [2.45, 2.75) is 27.2 Å². The zero-order valence-corrected chi connectivity index (χ0v) is 6.57. The Morgan fingerprint density at radius 3 is 2.33 bits per heavy atom. The van der Waals surface area contributed by atoms with Crippen LogP contribution in [-0.2, 0) is 0 Å². The molecule has 51 valence electrons. The SMILES string of the molecule is [CH2]C(C)C(C)CC#CC. The maximum absolute atomic E-state index is 3.92. The van der Waals surface area contributed by atoms with Crippen LogP contribution in [0.15, 0.2) is 0 Å². The molecule has 0 saturated carbocycles. The molecule has 2 unspecified atom stereocenters. The van der Waals surface area contributed by atoms with Gasteiger partial charge in [-0.3, -0.25) is 0 Å². The van der Waals surface area contributed by atoms with Crippen LogP contribution < -0.4 is 0 Å². The normalized spacial score (nSPS) is 12.6. The summed E-state index contributed by atoms with van der Waals surface area (Å²) in [5.74, 6) is 7.07. The lowest BCUT2D eigenvalue weighted by molar-refractivity contribution is 0.468. The van der Waals surface area contributed by atoms with Gasteiger partial charge in [0.05, 0.1) is 0 Å². The maximum atomic E-state index is 3.92. The first-order valence-electron chi connectivity index (χ1n) is 3.41. The Balaban J connectivity index is 3.46. The second kappa shape index (κ2) is 4.44. The summed E-state index contributed by atoms with van der Waals surface area (Å²) in [6, 6.07) is 0. The van der Waals surface area contributed by atoms with E-state index in [-0.39, 0.29) is 0 Å². The maximum Gasteiger partial charge on any atom is 0.0117 e. The number of hydrogen-bond donors (Lipinski definition) is 0. The van der Waals surface area contributed by atoms with Crippen molar-refractivity contribution in [3.05, 3.63) is 6.92 Å². The predicted molar refractivity (Wildman–Crippen MR) is 41.8 cm³/mol. The third-order valence-corrected chi connectivity index (χ3v) is 1.57. The Kier molecular flexibility index (Phi) is 4.22. The highest BCUT2D eigenvalue weighted by molar-refractivity contribution is 4.96. The quantitative estimate of drug-likeness (QED) is 0.495. The summed E-state index contributed by atoms with van der Waals surface area (Å²) < 4.78 is 0. The van der Waals surface area contributed by atoms with E-state index in [4.69, 9.17) is 0 Å². The van der Waals surface area contributed by atoms with Gasteiger partial charge in [0.2, 0.25) is 0 Å². The minimum Gasteiger partial charge on any atom is -0.107 e. The zero-order chi connectivity index (χ0) is 7.28. The molecule has 0 rings (SSSR count). The Morgan fingerprint density at radius 2 is 2.00 bits per heavy atom. The van der Waals surface area contributed by atoms with Crippen LogP contribution in [0.2, 0.25) is 0 Å². The third-order valence-electron chi connectivity index (χ3n) is 1.57. The van der Waals surface area contributed by atoms with E-state index in [1.807, 2.05) is 6.92 Å². The fourth-order valence-corrected chi connectivity index (χ4v) is 0.464. The minimum absolute atomic E-state index is 0.519. The molecule has 0 spiro atoms. The van der Waals surface area contributed by atoms with Gasteiger partial charge < -0.3 is 0 Å². The van der Waals surface area contributed by atoms with E-state index in [0.717, 1.165) is 6.42 Å². The summed E-state index contributed by atoms with van der Waals surface area (Å²) in [5, 5.41) is 0. The highest BCUT2D eigenvalue weighted by Crippen LogP contribution is 2.11. The van der Waals surface area contributed by atoms with Crippen molar-refractivity contribution >= 4 is 0 Å². The van der Waals surface area contributed by atoms with Crippen molar-refractivity contribution in [2.24, 2.45) is 11.8 Å². The second-order valence-corrected chi connectivity index (χ2v) is 2.59. The van der Waals surface area contributed by atoms with Crippen LogP contribution in [0.1, 0.15) is 27.2 Å². The Bertz CT molecular complexity index is 112. The standard InChI is InChI=1S/C9H15/c1-5-6-7-9(4)8(2)3/h8-9H,2,7H2,1,3-4H3. The summed E-state index contributed by atoms with van der Waals surface area (Å²) in [5.41, 5.74) is 0. The first-order valence-corrected chi connectivity index (χ1v) is 3.41. The fraction of sp³-hybridized carbons (Fsp3) is 0.667. The smallest absolute Gasteiger partial charge is 0.0117 e. The highest BCUT2D eigenvalue weighted by atomic mass is 14.1. The van der Waals surface area contributed by atoms with Crippen LogP contribution in [0.5, 0.6) is 0 Å². The second-order valence-electron chi connectivity index (χ2n) is 2.59. The van der Waals surface area contributed by atoms with Gasteiger partial charge in [-0.2, -0.15) is 0 Å². The van der Waals surface area contributed by atoms with E-state index in [1.54, 1.807) is 0 Å².